The zero-order valence-electron chi connectivity index (χ0n) is 20.6. The highest BCUT2D eigenvalue weighted by molar-refractivity contribution is 6.74. The Morgan fingerprint density at radius 2 is 1.81 bits per heavy atom. The third-order valence-electron chi connectivity index (χ3n) is 6.50. The molecule has 32 heavy (non-hydrogen) atoms. The molecule has 2 atom stereocenters. The fourth-order valence-corrected chi connectivity index (χ4v) is 4.67. The highest BCUT2D eigenvalue weighted by Crippen LogP contribution is 2.39. The number of carboxylic acids is 1. The number of likely N-dealkylation sites (tertiary alicyclic amines) is 1. The number of piperidine rings is 1. The lowest BCUT2D eigenvalue weighted by Crippen LogP contribution is -2.48. The summed E-state index contributed by atoms with van der Waals surface area (Å²) < 4.78 is 26.0. The van der Waals surface area contributed by atoms with E-state index < -0.39 is 25.7 Å². The molecule has 1 aliphatic heterocycles. The number of carboxylic acid groups (broad SMARTS) is 1. The molecule has 1 aromatic carbocycles. The van der Waals surface area contributed by atoms with Gasteiger partial charge >= 0.3 is 12.1 Å². The van der Waals surface area contributed by atoms with Crippen LogP contribution in [-0.2, 0) is 9.16 Å². The average Bonchev–Trinajstić information content (AvgIpc) is 2.64. The summed E-state index contributed by atoms with van der Waals surface area (Å²) in [6, 6.07) is 4.28. The third-order valence-corrected chi connectivity index (χ3v) is 11.0. The van der Waals surface area contributed by atoms with E-state index >= 15 is 0 Å². The molecule has 0 spiro atoms. The van der Waals surface area contributed by atoms with Gasteiger partial charge in [0.15, 0.2) is 8.32 Å². The predicted octanol–water partition coefficient (Wildman–Crippen LogP) is 5.89. The third kappa shape index (κ3) is 6.54. The Bertz CT molecular complexity index is 844. The van der Waals surface area contributed by atoms with Crippen molar-refractivity contribution in [3.8, 4) is 0 Å². The van der Waals surface area contributed by atoms with E-state index in [1.807, 2.05) is 20.8 Å². The average molecular weight is 468 g/mol. The number of hydrogen-bond donors (Lipinski definition) is 1. The maximum atomic E-state index is 14.0. The standard InChI is InChI=1S/C24H38FNO5Si/c1-23(2,3)31-22(29)26-12-11-18(16-9-10-20(25)19(13-16)21(27)28)17(14-26)15-30-32(7,8)24(4,5)6/h9-10,13,17-18H,11-12,14-15H2,1-8H3,(H,27,28). The van der Waals surface area contributed by atoms with Crippen molar-refractivity contribution in [3.63, 3.8) is 0 Å². The number of carbonyl (C=O) groups excluding carboxylic acids is 1. The number of halogens is 1. The minimum absolute atomic E-state index is 0.0361. The van der Waals surface area contributed by atoms with E-state index in [9.17, 15) is 19.1 Å². The van der Waals surface area contributed by atoms with E-state index in [2.05, 4.69) is 33.9 Å². The summed E-state index contributed by atoms with van der Waals surface area (Å²) in [6.45, 7) is 17.7. The zero-order chi connectivity index (χ0) is 24.5. The van der Waals surface area contributed by atoms with Gasteiger partial charge in [-0.2, -0.15) is 0 Å². The van der Waals surface area contributed by atoms with Crippen LogP contribution in [0, 0.1) is 11.7 Å². The van der Waals surface area contributed by atoms with Gasteiger partial charge in [0, 0.05) is 25.6 Å². The van der Waals surface area contributed by atoms with Crippen LogP contribution in [0.1, 0.15) is 69.8 Å². The lowest BCUT2D eigenvalue weighted by Gasteiger charge is -2.42. The smallest absolute Gasteiger partial charge is 0.410 e. The Morgan fingerprint density at radius 1 is 1.19 bits per heavy atom. The molecule has 0 aliphatic carbocycles. The van der Waals surface area contributed by atoms with Crippen LogP contribution in [0.15, 0.2) is 18.2 Å². The largest absolute Gasteiger partial charge is 0.478 e. The molecule has 0 bridgehead atoms. The SMILES string of the molecule is CC(C)(C)OC(=O)N1CCC(c2ccc(F)c(C(=O)O)c2)C(CO[Si](C)(C)C(C)(C)C)C1. The van der Waals surface area contributed by atoms with Gasteiger partial charge in [-0.05, 0) is 68.9 Å². The predicted molar refractivity (Wildman–Crippen MR) is 125 cm³/mol. The van der Waals surface area contributed by atoms with Crippen LogP contribution in [0.3, 0.4) is 0 Å². The molecule has 1 N–H and O–H groups in total. The van der Waals surface area contributed by atoms with E-state index in [-0.39, 0.29) is 28.5 Å². The second-order valence-electron chi connectivity index (χ2n) is 11.2. The van der Waals surface area contributed by atoms with Crippen molar-refractivity contribution in [3.05, 3.63) is 35.1 Å². The monoisotopic (exact) mass is 467 g/mol. The second-order valence-corrected chi connectivity index (χ2v) is 16.0. The first-order valence-electron chi connectivity index (χ1n) is 11.2. The Morgan fingerprint density at radius 3 is 2.34 bits per heavy atom. The van der Waals surface area contributed by atoms with Gasteiger partial charge in [0.25, 0.3) is 0 Å². The molecule has 2 unspecified atom stereocenters. The molecule has 0 radical (unpaired) electrons. The molecule has 1 aliphatic rings. The maximum Gasteiger partial charge on any atom is 0.410 e. The summed E-state index contributed by atoms with van der Waals surface area (Å²) in [5.41, 5.74) is -0.161. The fourth-order valence-electron chi connectivity index (χ4n) is 3.60. The van der Waals surface area contributed by atoms with Crippen LogP contribution in [0.2, 0.25) is 18.1 Å². The van der Waals surface area contributed by atoms with Crippen LogP contribution in [-0.4, -0.2) is 55.7 Å². The van der Waals surface area contributed by atoms with Crippen molar-refractivity contribution in [2.24, 2.45) is 5.92 Å². The van der Waals surface area contributed by atoms with Crippen molar-refractivity contribution in [2.75, 3.05) is 19.7 Å². The molecule has 1 heterocycles. The van der Waals surface area contributed by atoms with Crippen molar-refractivity contribution in [2.45, 2.75) is 77.6 Å². The lowest BCUT2D eigenvalue weighted by atomic mass is 9.80. The zero-order valence-corrected chi connectivity index (χ0v) is 21.6. The number of ether oxygens (including phenoxy) is 1. The molecule has 1 fully saturated rings. The molecule has 1 amide bonds. The summed E-state index contributed by atoms with van der Waals surface area (Å²) >= 11 is 0. The van der Waals surface area contributed by atoms with Gasteiger partial charge in [-0.25, -0.2) is 14.0 Å². The normalized spacial score (nSPS) is 20.2. The number of carbonyl (C=O) groups is 2. The number of nitrogens with zero attached hydrogens (tertiary/aromatic N) is 1. The summed E-state index contributed by atoms with van der Waals surface area (Å²) in [7, 11) is -2.03. The summed E-state index contributed by atoms with van der Waals surface area (Å²) in [5.74, 6) is -2.14. The molecule has 2 rings (SSSR count). The molecule has 0 saturated carbocycles. The molecule has 180 valence electrons. The fraction of sp³-hybridized carbons (Fsp3) is 0.667. The highest BCUT2D eigenvalue weighted by atomic mass is 28.4. The first kappa shape index (κ1) is 26.3. The van der Waals surface area contributed by atoms with Gasteiger partial charge in [0.05, 0.1) is 5.56 Å². The Kier molecular flexibility index (Phi) is 7.82. The van der Waals surface area contributed by atoms with Gasteiger partial charge < -0.3 is 19.2 Å². The number of hydrogen-bond acceptors (Lipinski definition) is 4. The molecule has 1 saturated heterocycles. The van der Waals surface area contributed by atoms with E-state index in [0.717, 1.165) is 5.56 Å². The van der Waals surface area contributed by atoms with E-state index in [1.54, 1.807) is 11.0 Å². The minimum Gasteiger partial charge on any atom is -0.478 e. The van der Waals surface area contributed by atoms with Crippen LogP contribution >= 0.6 is 0 Å². The summed E-state index contributed by atoms with van der Waals surface area (Å²) in [6.07, 6.45) is 0.258. The van der Waals surface area contributed by atoms with Crippen molar-refractivity contribution in [1.29, 1.82) is 0 Å². The first-order valence-corrected chi connectivity index (χ1v) is 14.1. The number of rotatable bonds is 5. The lowest BCUT2D eigenvalue weighted by molar-refractivity contribution is 0.0106. The molecular weight excluding hydrogens is 429 g/mol. The van der Waals surface area contributed by atoms with Gasteiger partial charge in [0.2, 0.25) is 0 Å². The molecular formula is C24H38FNO5Si. The van der Waals surface area contributed by atoms with Crippen LogP contribution in [0.4, 0.5) is 9.18 Å². The van der Waals surface area contributed by atoms with E-state index in [4.69, 9.17) is 9.16 Å². The van der Waals surface area contributed by atoms with Crippen molar-refractivity contribution < 1.29 is 28.2 Å². The quantitative estimate of drug-likeness (QED) is 0.547. The van der Waals surface area contributed by atoms with Gasteiger partial charge in [-0.1, -0.05) is 26.8 Å². The van der Waals surface area contributed by atoms with Crippen LogP contribution in [0.5, 0.6) is 0 Å². The Labute approximate surface area is 192 Å². The number of benzene rings is 1. The topological polar surface area (TPSA) is 76.1 Å². The van der Waals surface area contributed by atoms with Gasteiger partial charge in [-0.3, -0.25) is 0 Å². The van der Waals surface area contributed by atoms with E-state index in [1.165, 1.54) is 12.1 Å². The van der Waals surface area contributed by atoms with Crippen molar-refractivity contribution in [1.82, 2.24) is 4.90 Å². The van der Waals surface area contributed by atoms with Gasteiger partial charge in [-0.15, -0.1) is 0 Å². The number of aromatic carboxylic acids is 1. The first-order chi connectivity index (χ1) is 14.5. The van der Waals surface area contributed by atoms with Crippen LogP contribution < -0.4 is 0 Å². The second kappa shape index (κ2) is 9.51. The minimum atomic E-state index is -2.03. The summed E-state index contributed by atoms with van der Waals surface area (Å²) in [5, 5.41) is 9.38. The Balaban J connectivity index is 2.31. The maximum absolute atomic E-state index is 14.0. The van der Waals surface area contributed by atoms with Gasteiger partial charge in [0.1, 0.15) is 11.4 Å². The molecule has 6 nitrogen and oxygen atoms in total. The molecule has 1 aromatic rings. The van der Waals surface area contributed by atoms with Crippen LogP contribution in [0.25, 0.3) is 0 Å². The van der Waals surface area contributed by atoms with E-state index in [0.29, 0.717) is 26.1 Å². The molecule has 8 heteroatoms. The molecule has 0 aromatic heterocycles. The van der Waals surface area contributed by atoms with Crippen molar-refractivity contribution >= 4 is 20.4 Å². The Hall–Kier alpha value is -1.93. The highest BCUT2D eigenvalue weighted by Gasteiger charge is 2.40. The summed E-state index contributed by atoms with van der Waals surface area (Å²) in [4.78, 5) is 25.8. The number of amides is 1.